The number of aromatic nitrogens is 2. The third-order valence-electron chi connectivity index (χ3n) is 3.84. The number of carbonyl (C=O) groups excluding carboxylic acids is 2. The van der Waals surface area contributed by atoms with Gasteiger partial charge in [0.05, 0.1) is 22.2 Å². The number of esters is 1. The van der Waals surface area contributed by atoms with Crippen LogP contribution in [0.1, 0.15) is 6.92 Å². The molecule has 29 heavy (non-hydrogen) atoms. The first-order valence-electron chi connectivity index (χ1n) is 8.15. The number of oxazole rings is 1. The van der Waals surface area contributed by atoms with Crippen molar-refractivity contribution in [2.24, 2.45) is 0 Å². The Kier molecular flexibility index (Phi) is 5.59. The van der Waals surface area contributed by atoms with E-state index in [9.17, 15) is 24.5 Å². The predicted molar refractivity (Wildman–Crippen MR) is 101 cm³/mol. The number of carbonyl (C=O) groups is 2. The number of nitro benzene ring substituents is 1. The standard InChI is InChI=1S/C17H13ClN4O7/c1-9(16(24)20-11-3-2-6-19-15(11)18)28-14(23)8-21-12-5-4-10(22(26)27)7-13(12)29-17(21)25/h2-7,9H,8H2,1H3,(H,20,24). The molecule has 1 amide bonds. The van der Waals surface area contributed by atoms with Crippen molar-refractivity contribution in [1.29, 1.82) is 0 Å². The number of fused-ring (bicyclic) bond motifs is 1. The van der Waals surface area contributed by atoms with Gasteiger partial charge in [0, 0.05) is 12.3 Å². The van der Waals surface area contributed by atoms with Crippen molar-refractivity contribution >= 4 is 46.0 Å². The zero-order valence-corrected chi connectivity index (χ0v) is 15.6. The maximum absolute atomic E-state index is 12.2. The summed E-state index contributed by atoms with van der Waals surface area (Å²) in [6, 6.07) is 6.63. The van der Waals surface area contributed by atoms with Crippen LogP contribution in [0.3, 0.4) is 0 Å². The molecule has 2 heterocycles. The summed E-state index contributed by atoms with van der Waals surface area (Å²) in [7, 11) is 0. The lowest BCUT2D eigenvalue weighted by atomic mass is 10.3. The number of nitrogens with zero attached hydrogens (tertiary/aromatic N) is 3. The van der Waals surface area contributed by atoms with E-state index in [-0.39, 0.29) is 27.6 Å². The molecular weight excluding hydrogens is 408 g/mol. The van der Waals surface area contributed by atoms with E-state index in [4.69, 9.17) is 20.8 Å². The van der Waals surface area contributed by atoms with Gasteiger partial charge in [0.2, 0.25) is 0 Å². The molecule has 1 unspecified atom stereocenters. The van der Waals surface area contributed by atoms with E-state index in [0.29, 0.717) is 0 Å². The number of amides is 1. The van der Waals surface area contributed by atoms with Crippen molar-refractivity contribution in [3.8, 4) is 0 Å². The first-order chi connectivity index (χ1) is 13.8. The predicted octanol–water partition coefficient (Wildman–Crippen LogP) is 2.12. The van der Waals surface area contributed by atoms with Gasteiger partial charge in [-0.25, -0.2) is 9.78 Å². The monoisotopic (exact) mass is 420 g/mol. The quantitative estimate of drug-likeness (QED) is 0.276. The van der Waals surface area contributed by atoms with Crippen LogP contribution >= 0.6 is 11.6 Å². The van der Waals surface area contributed by atoms with Gasteiger partial charge < -0.3 is 14.5 Å². The molecule has 1 N–H and O–H groups in total. The van der Waals surface area contributed by atoms with Crippen molar-refractivity contribution in [3.63, 3.8) is 0 Å². The molecule has 12 heteroatoms. The van der Waals surface area contributed by atoms with Crippen molar-refractivity contribution in [2.75, 3.05) is 5.32 Å². The summed E-state index contributed by atoms with van der Waals surface area (Å²) >= 11 is 5.85. The number of hydrogen-bond acceptors (Lipinski definition) is 8. The molecule has 0 bridgehead atoms. The minimum absolute atomic E-state index is 0.0472. The number of non-ortho nitro benzene ring substituents is 1. The number of pyridine rings is 1. The maximum Gasteiger partial charge on any atom is 0.420 e. The number of rotatable bonds is 6. The lowest BCUT2D eigenvalue weighted by molar-refractivity contribution is -0.384. The molecule has 2 aromatic heterocycles. The van der Waals surface area contributed by atoms with Gasteiger partial charge in [0.1, 0.15) is 6.54 Å². The highest BCUT2D eigenvalue weighted by atomic mass is 35.5. The largest absolute Gasteiger partial charge is 0.451 e. The van der Waals surface area contributed by atoms with Gasteiger partial charge in [-0.1, -0.05) is 11.6 Å². The minimum atomic E-state index is -1.19. The molecule has 1 atom stereocenters. The number of ether oxygens (including phenoxy) is 1. The highest BCUT2D eigenvalue weighted by Crippen LogP contribution is 2.20. The Hall–Kier alpha value is -3.73. The molecular formula is C17H13ClN4O7. The van der Waals surface area contributed by atoms with Crippen LogP contribution < -0.4 is 11.1 Å². The Bertz CT molecular complexity index is 1170. The Morgan fingerprint density at radius 3 is 2.86 bits per heavy atom. The Balaban J connectivity index is 1.69. The average Bonchev–Trinajstić information content (AvgIpc) is 2.97. The SMILES string of the molecule is CC(OC(=O)Cn1c(=O)oc2cc([N+](=O)[O-])ccc21)C(=O)Nc1cccnc1Cl. The van der Waals surface area contributed by atoms with Gasteiger partial charge >= 0.3 is 11.7 Å². The fourth-order valence-corrected chi connectivity index (χ4v) is 2.62. The highest BCUT2D eigenvalue weighted by molar-refractivity contribution is 6.32. The molecule has 3 rings (SSSR count). The molecule has 0 aliphatic carbocycles. The molecule has 0 saturated heterocycles. The van der Waals surface area contributed by atoms with E-state index in [1.54, 1.807) is 6.07 Å². The fraction of sp³-hybridized carbons (Fsp3) is 0.176. The van der Waals surface area contributed by atoms with Crippen LogP contribution in [0.15, 0.2) is 45.7 Å². The van der Waals surface area contributed by atoms with Crippen LogP contribution in [-0.2, 0) is 20.9 Å². The Morgan fingerprint density at radius 1 is 1.41 bits per heavy atom. The minimum Gasteiger partial charge on any atom is -0.451 e. The number of halogens is 1. The van der Waals surface area contributed by atoms with Crippen LogP contribution in [0.5, 0.6) is 0 Å². The summed E-state index contributed by atoms with van der Waals surface area (Å²) in [5, 5.41) is 13.4. The third-order valence-corrected chi connectivity index (χ3v) is 4.15. The lowest BCUT2D eigenvalue weighted by Crippen LogP contribution is -2.32. The highest BCUT2D eigenvalue weighted by Gasteiger charge is 2.21. The molecule has 11 nitrogen and oxygen atoms in total. The first kappa shape index (κ1) is 20.0. The summed E-state index contributed by atoms with van der Waals surface area (Å²) < 4.78 is 10.9. The number of anilines is 1. The van der Waals surface area contributed by atoms with Crippen LogP contribution in [-0.4, -0.2) is 32.5 Å². The lowest BCUT2D eigenvalue weighted by Gasteiger charge is -2.14. The maximum atomic E-state index is 12.2. The van der Waals surface area contributed by atoms with E-state index in [1.807, 2.05) is 0 Å². The van der Waals surface area contributed by atoms with Crippen molar-refractivity contribution in [3.05, 3.63) is 62.3 Å². The summed E-state index contributed by atoms with van der Waals surface area (Å²) in [5.41, 5.74) is 0.117. The van der Waals surface area contributed by atoms with Gasteiger partial charge in [-0.2, -0.15) is 0 Å². The van der Waals surface area contributed by atoms with Gasteiger partial charge in [0.15, 0.2) is 16.8 Å². The van der Waals surface area contributed by atoms with Gasteiger partial charge in [-0.05, 0) is 25.1 Å². The molecule has 0 saturated carbocycles. The zero-order valence-electron chi connectivity index (χ0n) is 14.8. The second-order valence-electron chi connectivity index (χ2n) is 5.83. The molecule has 0 aliphatic heterocycles. The second-order valence-corrected chi connectivity index (χ2v) is 6.18. The van der Waals surface area contributed by atoms with Gasteiger partial charge in [0.25, 0.3) is 11.6 Å². The first-order valence-corrected chi connectivity index (χ1v) is 8.52. The smallest absolute Gasteiger partial charge is 0.420 e. The van der Waals surface area contributed by atoms with Crippen LogP contribution in [0.4, 0.5) is 11.4 Å². The second kappa shape index (κ2) is 8.10. The van der Waals surface area contributed by atoms with Crippen LogP contribution in [0.25, 0.3) is 11.1 Å². The number of benzene rings is 1. The van der Waals surface area contributed by atoms with E-state index in [1.165, 1.54) is 31.3 Å². The van der Waals surface area contributed by atoms with E-state index < -0.39 is 35.2 Å². The van der Waals surface area contributed by atoms with E-state index >= 15 is 0 Å². The molecule has 0 spiro atoms. The topological polar surface area (TPSA) is 147 Å². The van der Waals surface area contributed by atoms with Crippen molar-refractivity contribution in [2.45, 2.75) is 19.6 Å². The Morgan fingerprint density at radius 2 is 2.17 bits per heavy atom. The summed E-state index contributed by atoms with van der Waals surface area (Å²) in [6.07, 6.45) is 0.261. The molecule has 0 radical (unpaired) electrons. The summed E-state index contributed by atoms with van der Waals surface area (Å²) in [6.45, 7) is 0.798. The fourth-order valence-electron chi connectivity index (χ4n) is 2.45. The van der Waals surface area contributed by atoms with Gasteiger partial charge in [-0.15, -0.1) is 0 Å². The van der Waals surface area contributed by atoms with Crippen molar-refractivity contribution < 1.29 is 23.7 Å². The van der Waals surface area contributed by atoms with Crippen molar-refractivity contribution in [1.82, 2.24) is 9.55 Å². The molecule has 150 valence electrons. The number of hydrogen-bond donors (Lipinski definition) is 1. The molecule has 1 aromatic carbocycles. The summed E-state index contributed by atoms with van der Waals surface area (Å²) in [5.74, 6) is -2.42. The average molecular weight is 421 g/mol. The number of nitro groups is 1. The number of nitrogens with one attached hydrogen (secondary N) is 1. The van der Waals surface area contributed by atoms with Crippen LogP contribution in [0.2, 0.25) is 5.15 Å². The molecule has 3 aromatic rings. The van der Waals surface area contributed by atoms with Crippen LogP contribution in [0, 0.1) is 10.1 Å². The van der Waals surface area contributed by atoms with E-state index in [0.717, 1.165) is 10.6 Å². The normalized spacial score (nSPS) is 11.8. The Labute approximate surface area is 167 Å². The third kappa shape index (κ3) is 4.41. The molecule has 0 fully saturated rings. The zero-order chi connectivity index (χ0) is 21.1. The molecule has 0 aliphatic rings. The van der Waals surface area contributed by atoms with E-state index in [2.05, 4.69) is 10.3 Å². The summed E-state index contributed by atoms with van der Waals surface area (Å²) in [4.78, 5) is 50.3. The van der Waals surface area contributed by atoms with Gasteiger partial charge in [-0.3, -0.25) is 24.3 Å².